The molecule has 0 radical (unpaired) electrons. The van der Waals surface area contributed by atoms with Gasteiger partial charge in [-0.25, -0.2) is 8.78 Å². The standard InChI is InChI=1S/C16H21BrF2N2/c17-14-5-6-15(18)13(16(14)19)11-20-7-9-21(10-8-20)12-3-1-2-4-12/h5-6,12H,1-4,7-11H2. The Bertz CT molecular complexity index is 495. The fraction of sp³-hybridized carbons (Fsp3) is 0.625. The van der Waals surface area contributed by atoms with E-state index in [2.05, 4.69) is 25.7 Å². The molecule has 0 unspecified atom stereocenters. The van der Waals surface area contributed by atoms with Crippen LogP contribution in [0.1, 0.15) is 31.2 Å². The molecule has 0 atom stereocenters. The minimum Gasteiger partial charge on any atom is -0.298 e. The summed E-state index contributed by atoms with van der Waals surface area (Å²) in [5.74, 6) is -0.915. The van der Waals surface area contributed by atoms with Crippen molar-refractivity contribution in [3.05, 3.63) is 33.8 Å². The summed E-state index contributed by atoms with van der Waals surface area (Å²) < 4.78 is 28.2. The van der Waals surface area contributed by atoms with Gasteiger partial charge < -0.3 is 0 Å². The van der Waals surface area contributed by atoms with Gasteiger partial charge in [-0.05, 0) is 40.9 Å². The minimum atomic E-state index is -0.465. The Morgan fingerprint density at radius 2 is 1.71 bits per heavy atom. The second-order valence-electron chi connectivity index (χ2n) is 6.07. The van der Waals surface area contributed by atoms with Crippen molar-refractivity contribution < 1.29 is 8.78 Å². The van der Waals surface area contributed by atoms with Gasteiger partial charge in [0.05, 0.1) is 4.47 Å². The molecule has 116 valence electrons. The zero-order chi connectivity index (χ0) is 14.8. The van der Waals surface area contributed by atoms with Gasteiger partial charge in [-0.3, -0.25) is 9.80 Å². The van der Waals surface area contributed by atoms with Crippen molar-refractivity contribution in [3.63, 3.8) is 0 Å². The smallest absolute Gasteiger partial charge is 0.144 e. The summed E-state index contributed by atoms with van der Waals surface area (Å²) in [5, 5.41) is 0. The summed E-state index contributed by atoms with van der Waals surface area (Å²) in [4.78, 5) is 4.70. The Hall–Kier alpha value is -0.520. The summed E-state index contributed by atoms with van der Waals surface area (Å²) in [6.45, 7) is 4.17. The van der Waals surface area contributed by atoms with E-state index in [0.29, 0.717) is 11.0 Å². The van der Waals surface area contributed by atoms with Crippen LogP contribution in [0.5, 0.6) is 0 Å². The van der Waals surface area contributed by atoms with Gasteiger partial charge in [0.25, 0.3) is 0 Å². The van der Waals surface area contributed by atoms with Crippen LogP contribution in [0.2, 0.25) is 0 Å². The third kappa shape index (κ3) is 3.46. The van der Waals surface area contributed by atoms with E-state index in [-0.39, 0.29) is 5.56 Å². The van der Waals surface area contributed by atoms with Crippen molar-refractivity contribution >= 4 is 15.9 Å². The Morgan fingerprint density at radius 3 is 2.38 bits per heavy atom. The summed E-state index contributed by atoms with van der Waals surface area (Å²) in [5.41, 5.74) is 0.179. The topological polar surface area (TPSA) is 6.48 Å². The van der Waals surface area contributed by atoms with Crippen LogP contribution in [0.25, 0.3) is 0 Å². The summed E-state index contributed by atoms with van der Waals surface area (Å²) in [6, 6.07) is 3.50. The molecular weight excluding hydrogens is 338 g/mol. The first-order chi connectivity index (χ1) is 10.1. The van der Waals surface area contributed by atoms with Gasteiger partial charge in [-0.15, -0.1) is 0 Å². The Morgan fingerprint density at radius 1 is 1.05 bits per heavy atom. The molecule has 2 nitrogen and oxygen atoms in total. The molecule has 0 spiro atoms. The van der Waals surface area contributed by atoms with Crippen molar-refractivity contribution in [2.45, 2.75) is 38.3 Å². The van der Waals surface area contributed by atoms with Crippen LogP contribution in [0.4, 0.5) is 8.78 Å². The van der Waals surface area contributed by atoms with E-state index >= 15 is 0 Å². The molecule has 1 saturated heterocycles. The van der Waals surface area contributed by atoms with Crippen molar-refractivity contribution in [1.29, 1.82) is 0 Å². The van der Waals surface area contributed by atoms with Gasteiger partial charge in [0.15, 0.2) is 0 Å². The van der Waals surface area contributed by atoms with Crippen LogP contribution in [-0.4, -0.2) is 42.0 Å². The van der Waals surface area contributed by atoms with Gasteiger partial charge >= 0.3 is 0 Å². The highest BCUT2D eigenvalue weighted by atomic mass is 79.9. The number of benzene rings is 1. The number of nitrogens with zero attached hydrogens (tertiary/aromatic N) is 2. The highest BCUT2D eigenvalue weighted by Gasteiger charge is 2.27. The molecule has 1 heterocycles. The predicted molar refractivity (Wildman–Crippen MR) is 83.2 cm³/mol. The number of hydrogen-bond donors (Lipinski definition) is 0. The zero-order valence-electron chi connectivity index (χ0n) is 12.1. The average molecular weight is 359 g/mol. The monoisotopic (exact) mass is 358 g/mol. The number of halogens is 3. The van der Waals surface area contributed by atoms with Crippen LogP contribution < -0.4 is 0 Å². The normalized spacial score (nSPS) is 22.0. The van der Waals surface area contributed by atoms with Crippen molar-refractivity contribution in [3.8, 4) is 0 Å². The van der Waals surface area contributed by atoms with Gasteiger partial charge in [0.1, 0.15) is 11.6 Å². The lowest BCUT2D eigenvalue weighted by Gasteiger charge is -2.38. The lowest BCUT2D eigenvalue weighted by Crippen LogP contribution is -2.49. The highest BCUT2D eigenvalue weighted by molar-refractivity contribution is 9.10. The van der Waals surface area contributed by atoms with Crippen molar-refractivity contribution in [1.82, 2.24) is 9.80 Å². The fourth-order valence-corrected chi connectivity index (χ4v) is 3.87. The summed E-state index contributed by atoms with van der Waals surface area (Å²) >= 11 is 3.13. The first-order valence-electron chi connectivity index (χ1n) is 7.74. The average Bonchev–Trinajstić information content (AvgIpc) is 3.03. The van der Waals surface area contributed by atoms with Crippen LogP contribution in [0, 0.1) is 11.6 Å². The third-order valence-corrected chi connectivity index (χ3v) is 5.38. The van der Waals surface area contributed by atoms with Crippen LogP contribution in [-0.2, 0) is 6.54 Å². The van der Waals surface area contributed by atoms with Crippen LogP contribution in [0.3, 0.4) is 0 Å². The quantitative estimate of drug-likeness (QED) is 0.758. The SMILES string of the molecule is Fc1ccc(Br)c(F)c1CN1CCN(C2CCCC2)CC1. The molecule has 0 amide bonds. The highest BCUT2D eigenvalue weighted by Crippen LogP contribution is 2.26. The maximum atomic E-state index is 14.0. The van der Waals surface area contributed by atoms with E-state index in [9.17, 15) is 8.78 Å². The maximum absolute atomic E-state index is 14.0. The van der Waals surface area contributed by atoms with E-state index in [1.807, 2.05) is 0 Å². The van der Waals surface area contributed by atoms with Gasteiger partial charge in [-0.1, -0.05) is 12.8 Å². The number of hydrogen-bond acceptors (Lipinski definition) is 2. The van der Waals surface area contributed by atoms with E-state index < -0.39 is 11.6 Å². The first kappa shape index (κ1) is 15.4. The molecule has 1 aromatic carbocycles. The maximum Gasteiger partial charge on any atom is 0.144 e. The van der Waals surface area contributed by atoms with Crippen LogP contribution in [0.15, 0.2) is 16.6 Å². The number of piperazine rings is 1. The molecule has 1 aliphatic carbocycles. The van der Waals surface area contributed by atoms with Crippen molar-refractivity contribution in [2.75, 3.05) is 26.2 Å². The molecule has 0 aromatic heterocycles. The Kier molecular flexibility index (Phi) is 4.92. The minimum absolute atomic E-state index is 0.179. The molecule has 0 bridgehead atoms. The lowest BCUT2D eigenvalue weighted by molar-refractivity contribution is 0.0922. The summed E-state index contributed by atoms with van der Waals surface area (Å²) in [6.07, 6.45) is 5.32. The first-order valence-corrected chi connectivity index (χ1v) is 8.53. The molecular formula is C16H21BrF2N2. The van der Waals surface area contributed by atoms with Gasteiger partial charge in [0, 0.05) is 44.3 Å². The molecule has 0 N–H and O–H groups in total. The second-order valence-corrected chi connectivity index (χ2v) is 6.93. The molecule has 5 heteroatoms. The molecule has 21 heavy (non-hydrogen) atoms. The fourth-order valence-electron chi connectivity index (χ4n) is 3.49. The van der Waals surface area contributed by atoms with E-state index in [1.54, 1.807) is 0 Å². The molecule has 1 aromatic rings. The summed E-state index contributed by atoms with van der Waals surface area (Å²) in [7, 11) is 0. The number of rotatable bonds is 3. The van der Waals surface area contributed by atoms with Gasteiger partial charge in [-0.2, -0.15) is 0 Å². The largest absolute Gasteiger partial charge is 0.298 e. The Labute approximate surface area is 133 Å². The zero-order valence-corrected chi connectivity index (χ0v) is 13.7. The van der Waals surface area contributed by atoms with E-state index in [1.165, 1.54) is 37.8 Å². The molecule has 2 aliphatic rings. The van der Waals surface area contributed by atoms with E-state index in [4.69, 9.17) is 0 Å². The molecule has 1 saturated carbocycles. The van der Waals surface area contributed by atoms with Crippen LogP contribution >= 0.6 is 15.9 Å². The molecule has 3 rings (SSSR count). The molecule has 2 fully saturated rings. The van der Waals surface area contributed by atoms with E-state index in [0.717, 1.165) is 32.2 Å². The second kappa shape index (κ2) is 6.71. The predicted octanol–water partition coefficient (Wildman–Crippen LogP) is 3.79. The van der Waals surface area contributed by atoms with Crippen molar-refractivity contribution in [2.24, 2.45) is 0 Å². The third-order valence-electron chi connectivity index (χ3n) is 4.77. The lowest BCUT2D eigenvalue weighted by atomic mass is 10.1. The van der Waals surface area contributed by atoms with Gasteiger partial charge in [0.2, 0.25) is 0 Å². The molecule has 1 aliphatic heterocycles. The Balaban J connectivity index is 1.59.